The van der Waals surface area contributed by atoms with Gasteiger partial charge in [-0.25, -0.2) is 0 Å². The summed E-state index contributed by atoms with van der Waals surface area (Å²) in [7, 11) is 0. The number of likely N-dealkylation sites (tertiary alicyclic amines) is 1. The molecule has 2 fully saturated rings. The molecular weight excluding hydrogens is 206 g/mol. The predicted octanol–water partition coefficient (Wildman–Crippen LogP) is 1.36. The molecule has 4 heteroatoms. The molecule has 90 valence electrons. The first-order chi connectivity index (χ1) is 7.59. The molecule has 2 rings (SSSR count). The molecule has 1 saturated carbocycles. The van der Waals surface area contributed by atoms with E-state index in [-0.39, 0.29) is 17.7 Å². The highest BCUT2D eigenvalue weighted by Crippen LogP contribution is 2.39. The van der Waals surface area contributed by atoms with Gasteiger partial charge in [-0.3, -0.25) is 9.59 Å². The third-order valence-electron chi connectivity index (χ3n) is 4.13. The van der Waals surface area contributed by atoms with Gasteiger partial charge in [0.1, 0.15) is 0 Å². The Morgan fingerprint density at radius 2 is 1.81 bits per heavy atom. The Balaban J connectivity index is 2.08. The van der Waals surface area contributed by atoms with Crippen molar-refractivity contribution in [2.45, 2.75) is 32.6 Å². The number of hydrogen-bond donors (Lipinski definition) is 1. The molecule has 1 amide bonds. The number of carbonyl (C=O) groups excluding carboxylic acids is 1. The maximum absolute atomic E-state index is 11.3. The quantitative estimate of drug-likeness (QED) is 0.772. The number of amides is 1. The highest BCUT2D eigenvalue weighted by atomic mass is 16.4. The van der Waals surface area contributed by atoms with Crippen LogP contribution in [0.1, 0.15) is 32.6 Å². The van der Waals surface area contributed by atoms with E-state index in [1.165, 1.54) is 19.8 Å². The van der Waals surface area contributed by atoms with E-state index >= 15 is 0 Å². The zero-order chi connectivity index (χ0) is 11.7. The van der Waals surface area contributed by atoms with Gasteiger partial charge in [-0.05, 0) is 11.8 Å². The average molecular weight is 225 g/mol. The van der Waals surface area contributed by atoms with Gasteiger partial charge in [-0.2, -0.15) is 0 Å². The van der Waals surface area contributed by atoms with E-state index < -0.39 is 5.97 Å². The lowest BCUT2D eigenvalue weighted by atomic mass is 9.83. The van der Waals surface area contributed by atoms with Crippen LogP contribution in [0.25, 0.3) is 0 Å². The van der Waals surface area contributed by atoms with Crippen LogP contribution < -0.4 is 0 Å². The first-order valence-corrected chi connectivity index (χ1v) is 6.08. The lowest BCUT2D eigenvalue weighted by Crippen LogP contribution is -2.27. The van der Waals surface area contributed by atoms with Gasteiger partial charge >= 0.3 is 5.97 Å². The van der Waals surface area contributed by atoms with Crippen LogP contribution in [-0.2, 0) is 9.59 Å². The van der Waals surface area contributed by atoms with Gasteiger partial charge in [0.25, 0.3) is 0 Å². The summed E-state index contributed by atoms with van der Waals surface area (Å²) >= 11 is 0. The van der Waals surface area contributed by atoms with Crippen LogP contribution >= 0.6 is 0 Å². The van der Waals surface area contributed by atoms with E-state index in [1.54, 1.807) is 4.90 Å². The maximum atomic E-state index is 11.3. The van der Waals surface area contributed by atoms with Crippen molar-refractivity contribution in [1.29, 1.82) is 0 Å². The van der Waals surface area contributed by atoms with Crippen LogP contribution in [0.2, 0.25) is 0 Å². The van der Waals surface area contributed by atoms with Crippen molar-refractivity contribution < 1.29 is 14.7 Å². The summed E-state index contributed by atoms with van der Waals surface area (Å²) in [6.45, 7) is 2.58. The fourth-order valence-electron chi connectivity index (χ4n) is 3.21. The summed E-state index contributed by atoms with van der Waals surface area (Å²) in [6.07, 6.45) is 4.71. The first kappa shape index (κ1) is 11.4. The number of carboxylic acid groups (broad SMARTS) is 1. The molecule has 16 heavy (non-hydrogen) atoms. The van der Waals surface area contributed by atoms with E-state index in [4.69, 9.17) is 0 Å². The lowest BCUT2D eigenvalue weighted by molar-refractivity contribution is -0.143. The van der Waals surface area contributed by atoms with Crippen molar-refractivity contribution in [2.75, 3.05) is 13.1 Å². The van der Waals surface area contributed by atoms with Crippen LogP contribution in [-0.4, -0.2) is 35.0 Å². The molecule has 1 aliphatic carbocycles. The van der Waals surface area contributed by atoms with Gasteiger partial charge in [0.15, 0.2) is 0 Å². The number of rotatable bonds is 2. The standard InChI is InChI=1S/C12H19NO3/c1-8(14)13-6-10(9-4-2-3-5-9)11(7-13)12(15)16/h9-11H,2-7H2,1H3,(H,15,16)/t10-,11+/m0/s1. The second-order valence-corrected chi connectivity index (χ2v) is 5.08. The molecule has 1 saturated heterocycles. The molecular formula is C12H19NO3. The minimum atomic E-state index is -0.736. The van der Waals surface area contributed by atoms with Gasteiger partial charge < -0.3 is 10.0 Å². The van der Waals surface area contributed by atoms with E-state index in [2.05, 4.69) is 0 Å². The van der Waals surface area contributed by atoms with Crippen LogP contribution in [0.4, 0.5) is 0 Å². The second-order valence-electron chi connectivity index (χ2n) is 5.08. The molecule has 2 aliphatic rings. The summed E-state index contributed by atoms with van der Waals surface area (Å²) in [4.78, 5) is 24.2. The Morgan fingerprint density at radius 1 is 1.19 bits per heavy atom. The monoisotopic (exact) mass is 225 g/mol. The van der Waals surface area contributed by atoms with Gasteiger partial charge in [0, 0.05) is 20.0 Å². The average Bonchev–Trinajstić information content (AvgIpc) is 2.86. The topological polar surface area (TPSA) is 57.6 Å². The SMILES string of the molecule is CC(=O)N1C[C@@H](C(=O)O)[C@H](C2CCCC2)C1. The summed E-state index contributed by atoms with van der Waals surface area (Å²) in [5.41, 5.74) is 0. The molecule has 0 aromatic rings. The normalized spacial score (nSPS) is 30.9. The predicted molar refractivity (Wildman–Crippen MR) is 58.8 cm³/mol. The van der Waals surface area contributed by atoms with Crippen LogP contribution in [0.15, 0.2) is 0 Å². The smallest absolute Gasteiger partial charge is 0.308 e. The van der Waals surface area contributed by atoms with Gasteiger partial charge in [-0.1, -0.05) is 25.7 Å². The Morgan fingerprint density at radius 3 is 2.31 bits per heavy atom. The Kier molecular flexibility index (Phi) is 3.17. The van der Waals surface area contributed by atoms with E-state index in [1.807, 2.05) is 0 Å². The number of carbonyl (C=O) groups is 2. The minimum absolute atomic E-state index is 0.00625. The fraction of sp³-hybridized carbons (Fsp3) is 0.833. The van der Waals surface area contributed by atoms with Gasteiger partial charge in [0.05, 0.1) is 5.92 Å². The van der Waals surface area contributed by atoms with Crippen molar-refractivity contribution >= 4 is 11.9 Å². The highest BCUT2D eigenvalue weighted by molar-refractivity contribution is 5.77. The first-order valence-electron chi connectivity index (χ1n) is 6.08. The summed E-state index contributed by atoms with van der Waals surface area (Å²) in [5, 5.41) is 9.21. The second kappa shape index (κ2) is 4.44. The molecule has 0 unspecified atom stereocenters. The molecule has 0 bridgehead atoms. The third-order valence-corrected chi connectivity index (χ3v) is 4.13. The van der Waals surface area contributed by atoms with Crippen LogP contribution in [0, 0.1) is 17.8 Å². The zero-order valence-electron chi connectivity index (χ0n) is 9.69. The molecule has 1 aliphatic heterocycles. The highest BCUT2D eigenvalue weighted by Gasteiger charge is 2.43. The minimum Gasteiger partial charge on any atom is -0.481 e. The molecule has 1 N–H and O–H groups in total. The summed E-state index contributed by atoms with van der Waals surface area (Å²) < 4.78 is 0. The van der Waals surface area contributed by atoms with E-state index in [9.17, 15) is 14.7 Å². The maximum Gasteiger partial charge on any atom is 0.308 e. The number of nitrogens with zero attached hydrogens (tertiary/aromatic N) is 1. The summed E-state index contributed by atoms with van der Waals surface area (Å²) in [6, 6.07) is 0. The number of hydrogen-bond acceptors (Lipinski definition) is 2. The molecule has 0 spiro atoms. The Hall–Kier alpha value is -1.06. The van der Waals surface area contributed by atoms with E-state index in [0.717, 1.165) is 12.8 Å². The van der Waals surface area contributed by atoms with Crippen LogP contribution in [0.3, 0.4) is 0 Å². The molecule has 0 radical (unpaired) electrons. The van der Waals surface area contributed by atoms with Crippen molar-refractivity contribution in [3.8, 4) is 0 Å². The van der Waals surface area contributed by atoms with Crippen LogP contribution in [0.5, 0.6) is 0 Å². The van der Waals surface area contributed by atoms with Crippen molar-refractivity contribution in [1.82, 2.24) is 4.90 Å². The van der Waals surface area contributed by atoms with Crippen molar-refractivity contribution in [2.24, 2.45) is 17.8 Å². The van der Waals surface area contributed by atoms with Gasteiger partial charge in [0.2, 0.25) is 5.91 Å². The molecule has 0 aromatic heterocycles. The third kappa shape index (κ3) is 2.06. The molecule has 1 heterocycles. The molecule has 2 atom stereocenters. The zero-order valence-corrected chi connectivity index (χ0v) is 9.69. The van der Waals surface area contributed by atoms with Crippen molar-refractivity contribution in [3.05, 3.63) is 0 Å². The lowest BCUT2D eigenvalue weighted by Gasteiger charge is -2.21. The number of carboxylic acids is 1. The molecule has 0 aromatic carbocycles. The summed E-state index contributed by atoms with van der Waals surface area (Å²) in [5.74, 6) is -0.367. The van der Waals surface area contributed by atoms with Gasteiger partial charge in [-0.15, -0.1) is 0 Å². The fourth-order valence-corrected chi connectivity index (χ4v) is 3.21. The van der Waals surface area contributed by atoms with Crippen molar-refractivity contribution in [3.63, 3.8) is 0 Å². The van der Waals surface area contributed by atoms with E-state index in [0.29, 0.717) is 19.0 Å². The Labute approximate surface area is 95.6 Å². The Bertz CT molecular complexity index is 297. The molecule has 4 nitrogen and oxygen atoms in total. The number of aliphatic carboxylic acids is 1. The largest absolute Gasteiger partial charge is 0.481 e.